The van der Waals surface area contributed by atoms with Crippen LogP contribution in [0.25, 0.3) is 10.9 Å². The maximum absolute atomic E-state index is 14.3. The van der Waals surface area contributed by atoms with Crippen LogP contribution in [-0.4, -0.2) is 40.3 Å². The number of imide groups is 1. The molecule has 3 aromatic carbocycles. The van der Waals surface area contributed by atoms with Gasteiger partial charge in [-0.15, -0.1) is 0 Å². The van der Waals surface area contributed by atoms with Crippen molar-refractivity contribution in [3.05, 3.63) is 101 Å². The van der Waals surface area contributed by atoms with Crippen LogP contribution in [0.15, 0.2) is 72.8 Å². The van der Waals surface area contributed by atoms with Crippen molar-refractivity contribution >= 4 is 34.4 Å². The minimum atomic E-state index is -0.680. The average Bonchev–Trinajstić information content (AvgIpc) is 3.46. The molecular formula is C34H36N4O3. The van der Waals surface area contributed by atoms with E-state index in [1.54, 1.807) is 29.2 Å². The molecule has 0 bridgehead atoms. The lowest BCUT2D eigenvalue weighted by Crippen LogP contribution is -2.44. The summed E-state index contributed by atoms with van der Waals surface area (Å²) in [4.78, 5) is 48.1. The molecule has 0 unspecified atom stereocenters. The summed E-state index contributed by atoms with van der Waals surface area (Å²) in [5.74, 6) is 0.226. The number of nitrogens with zero attached hydrogens (tertiary/aromatic N) is 2. The topological polar surface area (TPSA) is 85.5 Å². The molecule has 7 heteroatoms. The zero-order valence-corrected chi connectivity index (χ0v) is 24.0. The van der Waals surface area contributed by atoms with Gasteiger partial charge in [0.05, 0.1) is 11.3 Å². The molecule has 2 N–H and O–H groups in total. The highest BCUT2D eigenvalue weighted by Crippen LogP contribution is 2.45. The van der Waals surface area contributed by atoms with E-state index in [1.807, 2.05) is 18.2 Å². The normalized spacial score (nSPS) is 18.4. The fourth-order valence-electron chi connectivity index (χ4n) is 6.14. The second-order valence-corrected chi connectivity index (χ2v) is 11.8. The van der Waals surface area contributed by atoms with Gasteiger partial charge in [-0.3, -0.25) is 14.5 Å². The number of amides is 4. The largest absolute Gasteiger partial charge is 0.356 e. The van der Waals surface area contributed by atoms with Crippen LogP contribution in [0.1, 0.15) is 78.8 Å². The van der Waals surface area contributed by atoms with Crippen molar-refractivity contribution in [3.8, 4) is 0 Å². The highest BCUT2D eigenvalue weighted by atomic mass is 16.2. The van der Waals surface area contributed by atoms with Gasteiger partial charge in [0.15, 0.2) is 0 Å². The number of carbonyl (C=O) groups excluding carboxylic acids is 3. The van der Waals surface area contributed by atoms with E-state index in [1.165, 1.54) is 10.5 Å². The molecule has 2 aliphatic rings. The number of aromatic nitrogens is 1. The van der Waals surface area contributed by atoms with E-state index in [0.29, 0.717) is 36.1 Å². The summed E-state index contributed by atoms with van der Waals surface area (Å²) in [5, 5.41) is 4.02. The van der Waals surface area contributed by atoms with E-state index in [0.717, 1.165) is 34.1 Å². The van der Waals surface area contributed by atoms with E-state index < -0.39 is 18.1 Å². The summed E-state index contributed by atoms with van der Waals surface area (Å²) in [6.07, 6.45) is 1.25. The summed E-state index contributed by atoms with van der Waals surface area (Å²) >= 11 is 0. The van der Waals surface area contributed by atoms with Crippen LogP contribution in [0.2, 0.25) is 0 Å². The third-order valence-electron chi connectivity index (χ3n) is 8.36. The molecule has 1 aromatic heterocycles. The standard InChI is InChI=1S/C34H36N4O3/c1-20(2)17-18-35-32(39)25-10-6-8-12-28(25)38-33(40)29-19-26-24-9-5-7-11-27(24)36-30(26)31(37(29)34(38)41)23-15-13-22(14-16-23)21(3)4/h5-16,20-21,29,31,36H,17-19H2,1-4H3,(H,35,39)/t29-,31+/m0/s1. The second-order valence-electron chi connectivity index (χ2n) is 11.8. The Balaban J connectivity index is 1.43. The van der Waals surface area contributed by atoms with Crippen molar-refractivity contribution in [2.24, 2.45) is 5.92 Å². The zero-order chi connectivity index (χ0) is 28.8. The van der Waals surface area contributed by atoms with Crippen molar-refractivity contribution < 1.29 is 14.4 Å². The van der Waals surface area contributed by atoms with Gasteiger partial charge in [-0.1, -0.05) is 82.3 Å². The molecular weight excluding hydrogens is 512 g/mol. The monoisotopic (exact) mass is 548 g/mol. The Kier molecular flexibility index (Phi) is 6.89. The first-order valence-electron chi connectivity index (χ1n) is 14.5. The first kappa shape index (κ1) is 26.8. The van der Waals surface area contributed by atoms with Gasteiger partial charge >= 0.3 is 6.03 Å². The number of nitrogens with one attached hydrogen (secondary N) is 2. The summed E-state index contributed by atoms with van der Waals surface area (Å²) in [6, 6.07) is 21.7. The van der Waals surface area contributed by atoms with Crippen molar-refractivity contribution in [1.82, 2.24) is 15.2 Å². The van der Waals surface area contributed by atoms with Gasteiger partial charge in [0.25, 0.3) is 11.8 Å². The number of benzene rings is 3. The molecule has 1 saturated heterocycles. The molecule has 0 radical (unpaired) electrons. The van der Waals surface area contributed by atoms with Crippen molar-refractivity contribution in [1.29, 1.82) is 0 Å². The van der Waals surface area contributed by atoms with Crippen LogP contribution in [0.3, 0.4) is 0 Å². The van der Waals surface area contributed by atoms with Crippen molar-refractivity contribution in [2.45, 2.75) is 58.5 Å². The fraction of sp³-hybridized carbons (Fsp3) is 0.324. The molecule has 6 rings (SSSR count). The zero-order valence-electron chi connectivity index (χ0n) is 24.0. The Morgan fingerprint density at radius 2 is 1.66 bits per heavy atom. The van der Waals surface area contributed by atoms with Gasteiger partial charge < -0.3 is 10.3 Å². The Morgan fingerprint density at radius 3 is 2.39 bits per heavy atom. The number of hydrogen-bond acceptors (Lipinski definition) is 3. The SMILES string of the molecule is CC(C)CCNC(=O)c1ccccc1N1C(=O)[C@@H]2Cc3c([nH]c4ccccc34)[C@@H](c3ccc(C(C)C)cc3)N2C1=O. The fourth-order valence-corrected chi connectivity index (χ4v) is 6.14. The lowest BCUT2D eigenvalue weighted by Gasteiger charge is -2.36. The molecule has 210 valence electrons. The number of carbonyl (C=O) groups is 3. The van der Waals surface area contributed by atoms with Crippen LogP contribution >= 0.6 is 0 Å². The summed E-state index contributed by atoms with van der Waals surface area (Å²) in [6.45, 7) is 9.03. The Bertz CT molecular complexity index is 1640. The van der Waals surface area contributed by atoms with Gasteiger partial charge in [0.1, 0.15) is 12.1 Å². The number of rotatable bonds is 7. The third kappa shape index (κ3) is 4.59. The first-order chi connectivity index (χ1) is 19.8. The maximum atomic E-state index is 14.3. The highest BCUT2D eigenvalue weighted by Gasteiger charge is 2.53. The lowest BCUT2D eigenvalue weighted by atomic mass is 9.88. The number of aromatic amines is 1. The van der Waals surface area contributed by atoms with Crippen LogP contribution < -0.4 is 10.2 Å². The van der Waals surface area contributed by atoms with E-state index in [4.69, 9.17) is 0 Å². The molecule has 4 amide bonds. The van der Waals surface area contributed by atoms with Crippen LogP contribution in [-0.2, 0) is 11.2 Å². The van der Waals surface area contributed by atoms with Crippen molar-refractivity contribution in [3.63, 3.8) is 0 Å². The quantitative estimate of drug-likeness (QED) is 0.257. The predicted octanol–water partition coefficient (Wildman–Crippen LogP) is 6.55. The molecule has 4 aromatic rings. The minimum Gasteiger partial charge on any atom is -0.356 e. The van der Waals surface area contributed by atoms with E-state index in [9.17, 15) is 14.4 Å². The smallest absolute Gasteiger partial charge is 0.332 e. The number of hydrogen-bond donors (Lipinski definition) is 2. The number of fused-ring (bicyclic) bond motifs is 4. The van der Waals surface area contributed by atoms with Gasteiger partial charge in [-0.2, -0.15) is 0 Å². The van der Waals surface area contributed by atoms with E-state index in [2.05, 4.69) is 68.3 Å². The lowest BCUT2D eigenvalue weighted by molar-refractivity contribution is -0.120. The van der Waals surface area contributed by atoms with Gasteiger partial charge in [-0.05, 0) is 53.1 Å². The van der Waals surface area contributed by atoms with Gasteiger partial charge in [0, 0.05) is 29.6 Å². The first-order valence-corrected chi connectivity index (χ1v) is 14.5. The Hall–Kier alpha value is -4.39. The minimum absolute atomic E-state index is 0.288. The summed E-state index contributed by atoms with van der Waals surface area (Å²) in [7, 11) is 0. The Morgan fingerprint density at radius 1 is 0.951 bits per heavy atom. The highest BCUT2D eigenvalue weighted by molar-refractivity contribution is 6.24. The number of urea groups is 1. The third-order valence-corrected chi connectivity index (χ3v) is 8.36. The predicted molar refractivity (Wildman–Crippen MR) is 161 cm³/mol. The van der Waals surface area contributed by atoms with Crippen LogP contribution in [0.5, 0.6) is 0 Å². The molecule has 3 heterocycles. The molecule has 41 heavy (non-hydrogen) atoms. The van der Waals surface area contributed by atoms with Gasteiger partial charge in [0.2, 0.25) is 0 Å². The molecule has 0 saturated carbocycles. The van der Waals surface area contributed by atoms with E-state index >= 15 is 0 Å². The van der Waals surface area contributed by atoms with Crippen molar-refractivity contribution in [2.75, 3.05) is 11.4 Å². The maximum Gasteiger partial charge on any atom is 0.332 e. The number of para-hydroxylation sites is 2. The van der Waals surface area contributed by atoms with Crippen LogP contribution in [0.4, 0.5) is 10.5 Å². The second kappa shape index (κ2) is 10.5. The van der Waals surface area contributed by atoms with Crippen LogP contribution in [0, 0.1) is 5.92 Å². The Labute approximate surface area is 240 Å². The number of anilines is 1. The molecule has 2 atom stereocenters. The van der Waals surface area contributed by atoms with Gasteiger partial charge in [-0.25, -0.2) is 9.69 Å². The molecule has 2 aliphatic heterocycles. The molecule has 7 nitrogen and oxygen atoms in total. The number of H-pyrrole nitrogens is 1. The molecule has 1 fully saturated rings. The molecule has 0 spiro atoms. The average molecular weight is 549 g/mol. The summed E-state index contributed by atoms with van der Waals surface area (Å²) < 4.78 is 0. The molecule has 0 aliphatic carbocycles. The van der Waals surface area contributed by atoms with E-state index in [-0.39, 0.29) is 11.8 Å². The summed E-state index contributed by atoms with van der Waals surface area (Å²) in [5.41, 5.74) is 5.77.